The van der Waals surface area contributed by atoms with E-state index in [4.69, 9.17) is 4.42 Å². The highest BCUT2D eigenvalue weighted by Gasteiger charge is 2.15. The van der Waals surface area contributed by atoms with E-state index >= 15 is 0 Å². The zero-order valence-corrected chi connectivity index (χ0v) is 12.9. The van der Waals surface area contributed by atoms with Crippen LogP contribution in [0, 0.1) is 20.8 Å². The summed E-state index contributed by atoms with van der Waals surface area (Å²) in [5, 5.41) is 1.15. The Morgan fingerprint density at radius 3 is 2.70 bits per heavy atom. The van der Waals surface area contributed by atoms with Gasteiger partial charge in [0.1, 0.15) is 28.5 Å². The lowest BCUT2D eigenvalue weighted by molar-refractivity contribution is 0.481. The topological polar surface area (TPSA) is 42.2 Å². The van der Waals surface area contributed by atoms with Crippen LogP contribution in [-0.4, -0.2) is 17.0 Å². The molecule has 0 aliphatic heterocycles. The second-order valence-corrected chi connectivity index (χ2v) is 6.23. The monoisotopic (exact) mass is 287 g/mol. The van der Waals surface area contributed by atoms with Gasteiger partial charge < -0.3 is 9.32 Å². The van der Waals surface area contributed by atoms with Crippen LogP contribution < -0.4 is 4.90 Å². The zero-order chi connectivity index (χ0) is 14.3. The quantitative estimate of drug-likeness (QED) is 0.734. The number of hydrogen-bond acceptors (Lipinski definition) is 5. The van der Waals surface area contributed by atoms with E-state index in [1.165, 1.54) is 10.4 Å². The van der Waals surface area contributed by atoms with Gasteiger partial charge in [0.15, 0.2) is 0 Å². The number of hydrogen-bond donors (Lipinski definition) is 0. The lowest BCUT2D eigenvalue weighted by atomic mass is 10.2. The maximum atomic E-state index is 5.64. The molecule has 0 aromatic carbocycles. The average molecular weight is 287 g/mol. The summed E-state index contributed by atoms with van der Waals surface area (Å²) in [7, 11) is 2.03. The van der Waals surface area contributed by atoms with E-state index in [1.54, 1.807) is 17.7 Å². The smallest absolute Gasteiger partial charge is 0.141 e. The molecule has 3 aromatic rings. The van der Waals surface area contributed by atoms with Gasteiger partial charge in [0.05, 0.1) is 11.9 Å². The van der Waals surface area contributed by atoms with Crippen LogP contribution in [0.25, 0.3) is 10.2 Å². The number of furan rings is 1. The number of anilines is 1. The van der Waals surface area contributed by atoms with Gasteiger partial charge in [0, 0.05) is 11.9 Å². The fraction of sp³-hybridized carbons (Fsp3) is 0.333. The van der Waals surface area contributed by atoms with E-state index in [0.717, 1.165) is 27.6 Å². The Bertz CT molecular complexity index is 760. The van der Waals surface area contributed by atoms with Crippen LogP contribution in [-0.2, 0) is 6.54 Å². The Balaban J connectivity index is 2.01. The van der Waals surface area contributed by atoms with E-state index in [-0.39, 0.29) is 0 Å². The third kappa shape index (κ3) is 2.18. The summed E-state index contributed by atoms with van der Waals surface area (Å²) in [6.07, 6.45) is 1.64. The highest BCUT2D eigenvalue weighted by Crippen LogP contribution is 2.34. The third-order valence-corrected chi connectivity index (χ3v) is 4.61. The molecule has 104 valence electrons. The normalized spacial score (nSPS) is 11.2. The highest BCUT2D eigenvalue weighted by molar-refractivity contribution is 7.18. The number of nitrogens with zero attached hydrogens (tertiary/aromatic N) is 3. The maximum absolute atomic E-state index is 5.64. The molecule has 0 saturated heterocycles. The minimum atomic E-state index is 0.703. The van der Waals surface area contributed by atoms with Crippen LogP contribution in [0.4, 0.5) is 5.82 Å². The van der Waals surface area contributed by atoms with E-state index in [1.807, 2.05) is 26.1 Å². The Labute approximate surface area is 122 Å². The van der Waals surface area contributed by atoms with Gasteiger partial charge in [-0.3, -0.25) is 0 Å². The highest BCUT2D eigenvalue weighted by atomic mass is 32.1. The van der Waals surface area contributed by atoms with Gasteiger partial charge in [-0.05, 0) is 38.5 Å². The van der Waals surface area contributed by atoms with Crippen LogP contribution in [0.3, 0.4) is 0 Å². The molecule has 0 atom stereocenters. The van der Waals surface area contributed by atoms with Gasteiger partial charge in [0.25, 0.3) is 0 Å². The van der Waals surface area contributed by atoms with Gasteiger partial charge in [-0.1, -0.05) is 0 Å². The summed E-state index contributed by atoms with van der Waals surface area (Å²) in [5.74, 6) is 2.84. The number of rotatable bonds is 3. The van der Waals surface area contributed by atoms with Crippen molar-refractivity contribution in [1.82, 2.24) is 9.97 Å². The van der Waals surface area contributed by atoms with Gasteiger partial charge in [-0.2, -0.15) is 0 Å². The minimum absolute atomic E-state index is 0.703. The lowest BCUT2D eigenvalue weighted by Gasteiger charge is -2.17. The molecule has 0 saturated carbocycles. The molecule has 0 radical (unpaired) electrons. The average Bonchev–Trinajstić information content (AvgIpc) is 2.94. The Kier molecular flexibility index (Phi) is 3.22. The summed E-state index contributed by atoms with van der Waals surface area (Å²) < 4.78 is 5.64. The molecule has 20 heavy (non-hydrogen) atoms. The van der Waals surface area contributed by atoms with E-state index in [0.29, 0.717) is 6.54 Å². The molecular weight excluding hydrogens is 270 g/mol. The van der Waals surface area contributed by atoms with Gasteiger partial charge in [0.2, 0.25) is 0 Å². The molecule has 0 spiro atoms. The number of thiophene rings is 1. The number of aryl methyl sites for hydroxylation is 3. The predicted molar refractivity (Wildman–Crippen MR) is 82.4 cm³/mol. The maximum Gasteiger partial charge on any atom is 0.141 e. The first-order valence-electron chi connectivity index (χ1n) is 6.53. The molecule has 3 heterocycles. The van der Waals surface area contributed by atoms with Crippen LogP contribution in [0.2, 0.25) is 0 Å². The molecule has 3 aromatic heterocycles. The second-order valence-electron chi connectivity index (χ2n) is 5.03. The summed E-state index contributed by atoms with van der Waals surface area (Å²) >= 11 is 1.72. The van der Waals surface area contributed by atoms with Crippen molar-refractivity contribution in [2.24, 2.45) is 0 Å². The summed E-state index contributed by atoms with van der Waals surface area (Å²) in [6, 6.07) is 3.99. The van der Waals surface area contributed by atoms with Crippen molar-refractivity contribution in [3.63, 3.8) is 0 Å². The van der Waals surface area contributed by atoms with Crippen molar-refractivity contribution in [3.05, 3.63) is 40.4 Å². The van der Waals surface area contributed by atoms with Crippen molar-refractivity contribution in [3.8, 4) is 0 Å². The first-order valence-corrected chi connectivity index (χ1v) is 7.35. The largest absolute Gasteiger partial charge is 0.464 e. The second kappa shape index (κ2) is 4.90. The van der Waals surface area contributed by atoms with E-state index < -0.39 is 0 Å². The number of aromatic nitrogens is 2. The van der Waals surface area contributed by atoms with Crippen molar-refractivity contribution in [2.45, 2.75) is 27.3 Å². The van der Waals surface area contributed by atoms with Crippen molar-refractivity contribution < 1.29 is 4.42 Å². The Hall–Kier alpha value is -1.88. The molecule has 0 amide bonds. The lowest BCUT2D eigenvalue weighted by Crippen LogP contribution is -2.17. The molecule has 0 aliphatic rings. The number of fused-ring (bicyclic) bond motifs is 1. The molecule has 0 bridgehead atoms. The van der Waals surface area contributed by atoms with Crippen LogP contribution >= 0.6 is 11.3 Å². The zero-order valence-electron chi connectivity index (χ0n) is 12.1. The standard InChI is InChI=1S/C15H17N3OS/c1-9-5-6-12(19-9)7-18(4)14-13-10(2)11(3)20-15(13)17-8-16-14/h5-6,8H,7H2,1-4H3. The molecule has 0 aliphatic carbocycles. The molecule has 0 N–H and O–H groups in total. The SMILES string of the molecule is Cc1ccc(CN(C)c2ncnc3sc(C)c(C)c23)o1. The van der Waals surface area contributed by atoms with Gasteiger partial charge in [-0.25, -0.2) is 9.97 Å². The molecule has 4 nitrogen and oxygen atoms in total. The Morgan fingerprint density at radius 2 is 2.00 bits per heavy atom. The Morgan fingerprint density at radius 1 is 1.20 bits per heavy atom. The molecule has 0 fully saturated rings. The molecule has 5 heteroatoms. The van der Waals surface area contributed by atoms with Crippen LogP contribution in [0.5, 0.6) is 0 Å². The van der Waals surface area contributed by atoms with Crippen molar-refractivity contribution in [2.75, 3.05) is 11.9 Å². The first-order chi connectivity index (χ1) is 9.56. The summed E-state index contributed by atoms with van der Waals surface area (Å²) in [5.41, 5.74) is 1.27. The first kappa shape index (κ1) is 13.1. The van der Waals surface area contributed by atoms with Gasteiger partial charge in [-0.15, -0.1) is 11.3 Å². The molecule has 0 unspecified atom stereocenters. The minimum Gasteiger partial charge on any atom is -0.464 e. The van der Waals surface area contributed by atoms with E-state index in [2.05, 4.69) is 28.7 Å². The fourth-order valence-electron chi connectivity index (χ4n) is 2.33. The fourth-order valence-corrected chi connectivity index (χ4v) is 3.32. The van der Waals surface area contributed by atoms with E-state index in [9.17, 15) is 0 Å². The molecule has 3 rings (SSSR count). The summed E-state index contributed by atoms with van der Waals surface area (Å²) in [6.45, 7) is 6.92. The van der Waals surface area contributed by atoms with Crippen molar-refractivity contribution in [1.29, 1.82) is 0 Å². The summed E-state index contributed by atoms with van der Waals surface area (Å²) in [4.78, 5) is 13.3. The predicted octanol–water partition coefficient (Wildman–Crippen LogP) is 3.85. The third-order valence-electron chi connectivity index (χ3n) is 3.50. The van der Waals surface area contributed by atoms with Crippen molar-refractivity contribution >= 4 is 27.4 Å². The van der Waals surface area contributed by atoms with Crippen LogP contribution in [0.1, 0.15) is 22.0 Å². The van der Waals surface area contributed by atoms with Gasteiger partial charge >= 0.3 is 0 Å². The molecular formula is C15H17N3OS. The van der Waals surface area contributed by atoms with Crippen LogP contribution in [0.15, 0.2) is 22.9 Å².